The van der Waals surface area contributed by atoms with Gasteiger partial charge in [-0.15, -0.1) is 0 Å². The number of aryl methyl sites for hydroxylation is 1. The molecule has 0 aliphatic carbocycles. The van der Waals surface area contributed by atoms with E-state index in [9.17, 15) is 9.18 Å². The lowest BCUT2D eigenvalue weighted by molar-refractivity contribution is 0.0708. The summed E-state index contributed by atoms with van der Waals surface area (Å²) in [5, 5.41) is 3.27. The molecule has 3 nitrogen and oxygen atoms in total. The van der Waals surface area contributed by atoms with E-state index >= 15 is 0 Å². The average Bonchev–Trinajstić information content (AvgIpc) is 2.41. The number of piperidine rings is 1. The van der Waals surface area contributed by atoms with Crippen LogP contribution in [0.2, 0.25) is 0 Å². The number of benzene rings is 1. The van der Waals surface area contributed by atoms with E-state index in [2.05, 4.69) is 5.32 Å². The number of carbonyl (C=O) groups is 1. The van der Waals surface area contributed by atoms with Crippen molar-refractivity contribution in [1.82, 2.24) is 10.2 Å². The molecule has 0 bridgehead atoms. The van der Waals surface area contributed by atoms with Crippen molar-refractivity contribution < 1.29 is 9.18 Å². The lowest BCUT2D eigenvalue weighted by Crippen LogP contribution is -2.46. The summed E-state index contributed by atoms with van der Waals surface area (Å²) >= 11 is 0. The largest absolute Gasteiger partial charge is 0.337 e. The topological polar surface area (TPSA) is 32.3 Å². The zero-order valence-electron chi connectivity index (χ0n) is 10.9. The Morgan fingerprint density at radius 1 is 1.50 bits per heavy atom. The third kappa shape index (κ3) is 2.70. The maximum Gasteiger partial charge on any atom is 0.253 e. The van der Waals surface area contributed by atoms with Crippen molar-refractivity contribution in [3.8, 4) is 0 Å². The minimum atomic E-state index is -0.323. The van der Waals surface area contributed by atoms with Gasteiger partial charge in [-0.25, -0.2) is 4.39 Å². The van der Waals surface area contributed by atoms with E-state index < -0.39 is 0 Å². The number of hydrogen-bond acceptors (Lipinski definition) is 2. The molecule has 1 N–H and O–H groups in total. The maximum absolute atomic E-state index is 13.5. The Kier molecular flexibility index (Phi) is 3.97. The second-order valence-corrected chi connectivity index (χ2v) is 4.88. The van der Waals surface area contributed by atoms with Crippen molar-refractivity contribution >= 4 is 5.91 Å². The highest BCUT2D eigenvalue weighted by molar-refractivity contribution is 5.94. The lowest BCUT2D eigenvalue weighted by Gasteiger charge is -2.31. The Hall–Kier alpha value is -1.42. The van der Waals surface area contributed by atoms with Gasteiger partial charge >= 0.3 is 0 Å². The molecule has 0 spiro atoms. The summed E-state index contributed by atoms with van der Waals surface area (Å²) in [6.45, 7) is 3.52. The van der Waals surface area contributed by atoms with E-state index in [0.29, 0.717) is 11.1 Å². The highest BCUT2D eigenvalue weighted by Crippen LogP contribution is 2.15. The molecule has 0 radical (unpaired) electrons. The third-order valence-electron chi connectivity index (χ3n) is 3.56. The molecule has 2 rings (SSSR count). The van der Waals surface area contributed by atoms with Gasteiger partial charge in [-0.1, -0.05) is 6.07 Å². The second-order valence-electron chi connectivity index (χ2n) is 4.88. The number of halogens is 1. The van der Waals surface area contributed by atoms with Crippen LogP contribution in [0.15, 0.2) is 18.2 Å². The summed E-state index contributed by atoms with van der Waals surface area (Å²) in [6, 6.07) is 4.86. The number of likely N-dealkylation sites (N-methyl/N-ethyl adjacent to an activating group) is 1. The number of carbonyl (C=O) groups excluding carboxylic acids is 1. The lowest BCUT2D eigenvalue weighted by atomic mass is 10.0. The minimum Gasteiger partial charge on any atom is -0.337 e. The normalized spacial score (nSPS) is 19.6. The Labute approximate surface area is 107 Å². The Balaban J connectivity index is 2.11. The number of rotatable bonds is 2. The van der Waals surface area contributed by atoms with Gasteiger partial charge < -0.3 is 10.2 Å². The van der Waals surface area contributed by atoms with Crippen LogP contribution in [0.5, 0.6) is 0 Å². The zero-order valence-corrected chi connectivity index (χ0v) is 10.9. The van der Waals surface area contributed by atoms with Crippen LogP contribution < -0.4 is 5.32 Å². The molecule has 1 fully saturated rings. The van der Waals surface area contributed by atoms with Crippen LogP contribution in [-0.2, 0) is 0 Å². The van der Waals surface area contributed by atoms with Crippen molar-refractivity contribution in [1.29, 1.82) is 0 Å². The third-order valence-corrected chi connectivity index (χ3v) is 3.56. The second kappa shape index (κ2) is 5.48. The molecule has 0 aromatic heterocycles. The van der Waals surface area contributed by atoms with Gasteiger partial charge in [0, 0.05) is 25.2 Å². The quantitative estimate of drug-likeness (QED) is 0.870. The van der Waals surface area contributed by atoms with Crippen molar-refractivity contribution in [2.24, 2.45) is 0 Å². The van der Waals surface area contributed by atoms with Gasteiger partial charge in [0.25, 0.3) is 5.91 Å². The van der Waals surface area contributed by atoms with Gasteiger partial charge in [0.1, 0.15) is 5.82 Å². The van der Waals surface area contributed by atoms with Crippen LogP contribution in [0.25, 0.3) is 0 Å². The van der Waals surface area contributed by atoms with Crippen LogP contribution in [0.3, 0.4) is 0 Å². The van der Waals surface area contributed by atoms with Crippen molar-refractivity contribution in [3.63, 3.8) is 0 Å². The molecule has 1 aliphatic rings. The van der Waals surface area contributed by atoms with Gasteiger partial charge in [-0.2, -0.15) is 0 Å². The van der Waals surface area contributed by atoms with E-state index in [1.807, 2.05) is 0 Å². The first-order chi connectivity index (χ1) is 8.59. The molecule has 1 unspecified atom stereocenters. The molecule has 1 atom stereocenters. The summed E-state index contributed by atoms with van der Waals surface area (Å²) < 4.78 is 13.5. The van der Waals surface area contributed by atoms with Crippen molar-refractivity contribution in [2.75, 3.05) is 20.1 Å². The predicted octanol–water partition coefficient (Wildman–Crippen LogP) is 1.96. The molecular formula is C14H19FN2O. The van der Waals surface area contributed by atoms with Gasteiger partial charge in [-0.3, -0.25) is 4.79 Å². The van der Waals surface area contributed by atoms with E-state index in [-0.39, 0.29) is 17.8 Å². The Morgan fingerprint density at radius 2 is 2.28 bits per heavy atom. The van der Waals surface area contributed by atoms with E-state index in [1.54, 1.807) is 31.0 Å². The number of nitrogens with one attached hydrogen (secondary N) is 1. The monoisotopic (exact) mass is 250 g/mol. The van der Waals surface area contributed by atoms with E-state index in [0.717, 1.165) is 25.9 Å². The van der Waals surface area contributed by atoms with Crippen LogP contribution in [0, 0.1) is 12.7 Å². The van der Waals surface area contributed by atoms with Gasteiger partial charge in [0.2, 0.25) is 0 Å². The summed E-state index contributed by atoms with van der Waals surface area (Å²) in [5.41, 5.74) is 0.986. The molecule has 98 valence electrons. The highest BCUT2D eigenvalue weighted by Gasteiger charge is 2.23. The van der Waals surface area contributed by atoms with Gasteiger partial charge in [0.05, 0.1) is 0 Å². The molecule has 1 amide bonds. The molecule has 1 aromatic rings. The first-order valence-corrected chi connectivity index (χ1v) is 6.33. The Bertz CT molecular complexity index is 441. The molecule has 1 aliphatic heterocycles. The molecule has 1 saturated heterocycles. The fourth-order valence-corrected chi connectivity index (χ4v) is 2.26. The van der Waals surface area contributed by atoms with Crippen molar-refractivity contribution in [3.05, 3.63) is 35.1 Å². The highest BCUT2D eigenvalue weighted by atomic mass is 19.1. The van der Waals surface area contributed by atoms with Crippen molar-refractivity contribution in [2.45, 2.75) is 25.8 Å². The van der Waals surface area contributed by atoms with Crippen LogP contribution in [-0.4, -0.2) is 37.0 Å². The number of amides is 1. The molecule has 1 aromatic carbocycles. The first-order valence-electron chi connectivity index (χ1n) is 6.33. The summed E-state index contributed by atoms with van der Waals surface area (Å²) in [4.78, 5) is 14.0. The molecule has 18 heavy (non-hydrogen) atoms. The smallest absolute Gasteiger partial charge is 0.253 e. The summed E-state index contributed by atoms with van der Waals surface area (Å²) in [6.07, 6.45) is 2.08. The van der Waals surface area contributed by atoms with Crippen LogP contribution in [0.1, 0.15) is 28.8 Å². The average molecular weight is 250 g/mol. The fourth-order valence-electron chi connectivity index (χ4n) is 2.26. The maximum atomic E-state index is 13.5. The summed E-state index contributed by atoms with van der Waals surface area (Å²) in [7, 11) is 1.79. The molecule has 4 heteroatoms. The number of hydrogen-bond donors (Lipinski definition) is 1. The van der Waals surface area contributed by atoms with Gasteiger partial charge in [-0.05, 0) is 44.0 Å². The van der Waals surface area contributed by atoms with E-state index in [1.165, 1.54) is 6.07 Å². The zero-order chi connectivity index (χ0) is 13.1. The van der Waals surface area contributed by atoms with E-state index in [4.69, 9.17) is 0 Å². The molecule has 0 saturated carbocycles. The standard InChI is InChI=1S/C14H19FN2O/c1-10-5-6-11(8-13(10)15)14(18)17(2)12-4-3-7-16-9-12/h5-6,8,12,16H,3-4,7,9H2,1-2H3. The van der Waals surface area contributed by atoms with Gasteiger partial charge in [0.15, 0.2) is 0 Å². The minimum absolute atomic E-state index is 0.109. The Morgan fingerprint density at radius 3 is 2.89 bits per heavy atom. The molecule has 1 heterocycles. The summed E-state index contributed by atoms with van der Waals surface area (Å²) in [5.74, 6) is -0.432. The SMILES string of the molecule is Cc1ccc(C(=O)N(C)C2CCCNC2)cc1F. The number of nitrogens with zero attached hydrogens (tertiary/aromatic N) is 1. The molecular weight excluding hydrogens is 231 g/mol. The fraction of sp³-hybridized carbons (Fsp3) is 0.500. The van der Waals surface area contributed by atoms with Crippen LogP contribution >= 0.6 is 0 Å². The van der Waals surface area contributed by atoms with Crippen LogP contribution in [0.4, 0.5) is 4.39 Å². The first kappa shape index (κ1) is 13.0. The predicted molar refractivity (Wildman–Crippen MR) is 69.1 cm³/mol.